The van der Waals surface area contributed by atoms with E-state index in [9.17, 15) is 18.8 Å². The quantitative estimate of drug-likeness (QED) is 0.376. The lowest BCUT2D eigenvalue weighted by Gasteiger charge is -2.44. The predicted molar refractivity (Wildman–Crippen MR) is 145 cm³/mol. The van der Waals surface area contributed by atoms with Crippen molar-refractivity contribution in [3.05, 3.63) is 70.7 Å². The number of halogens is 1. The smallest absolute Gasteiger partial charge is 0.294 e. The standard InChI is InChI=1S/C30H35FN4O3/c1-19-17-35(20(2)16-34(19)18-22-7-10-24(31)11-8-22)29(37)27-21(3)32(4)26-12-9-23(15-25(26)27)28(36)30(38)33-13-5-6-14-33/h7-12,15,19-20H,5-6,13-14,16-18H2,1-4H3/t19-,20+/m0/s1. The molecule has 2 aromatic carbocycles. The van der Waals surface area contributed by atoms with E-state index in [-0.39, 0.29) is 23.8 Å². The first-order valence-corrected chi connectivity index (χ1v) is 13.4. The molecule has 0 saturated carbocycles. The van der Waals surface area contributed by atoms with E-state index in [1.54, 1.807) is 29.2 Å². The van der Waals surface area contributed by atoms with Gasteiger partial charge in [0, 0.05) is 74.0 Å². The van der Waals surface area contributed by atoms with Gasteiger partial charge in [-0.05, 0) is 69.5 Å². The third-order valence-corrected chi connectivity index (χ3v) is 8.23. The maximum Gasteiger partial charge on any atom is 0.294 e. The zero-order valence-electron chi connectivity index (χ0n) is 22.5. The van der Waals surface area contributed by atoms with Crippen LogP contribution in [0.5, 0.6) is 0 Å². The molecule has 1 aromatic heterocycles. The largest absolute Gasteiger partial charge is 0.347 e. The van der Waals surface area contributed by atoms with Crippen molar-refractivity contribution < 1.29 is 18.8 Å². The van der Waals surface area contributed by atoms with Crippen molar-refractivity contribution in [3.63, 3.8) is 0 Å². The summed E-state index contributed by atoms with van der Waals surface area (Å²) in [5.41, 5.74) is 3.62. The Morgan fingerprint density at radius 1 is 0.947 bits per heavy atom. The molecule has 0 spiro atoms. The van der Waals surface area contributed by atoms with Gasteiger partial charge in [-0.1, -0.05) is 12.1 Å². The Bertz CT molecular complexity index is 1390. The Morgan fingerprint density at radius 3 is 2.32 bits per heavy atom. The summed E-state index contributed by atoms with van der Waals surface area (Å²) in [5, 5.41) is 0.698. The summed E-state index contributed by atoms with van der Waals surface area (Å²) in [6.45, 7) is 9.25. The number of hydrogen-bond acceptors (Lipinski definition) is 4. The number of hydrogen-bond donors (Lipinski definition) is 0. The minimum Gasteiger partial charge on any atom is -0.347 e. The summed E-state index contributed by atoms with van der Waals surface area (Å²) in [7, 11) is 1.91. The topological polar surface area (TPSA) is 65.9 Å². The van der Waals surface area contributed by atoms with Crippen LogP contribution in [0.2, 0.25) is 0 Å². The van der Waals surface area contributed by atoms with E-state index >= 15 is 0 Å². The third kappa shape index (κ3) is 4.73. The van der Waals surface area contributed by atoms with Gasteiger partial charge in [-0.25, -0.2) is 4.39 Å². The Labute approximate surface area is 222 Å². The third-order valence-electron chi connectivity index (χ3n) is 8.23. The maximum atomic E-state index is 14.0. The Morgan fingerprint density at radius 2 is 1.63 bits per heavy atom. The lowest BCUT2D eigenvalue weighted by molar-refractivity contribution is -0.125. The van der Waals surface area contributed by atoms with Gasteiger partial charge < -0.3 is 14.4 Å². The molecule has 2 aliphatic rings. The van der Waals surface area contributed by atoms with Crippen LogP contribution >= 0.6 is 0 Å². The molecule has 2 fully saturated rings. The van der Waals surface area contributed by atoms with Crippen molar-refractivity contribution in [2.75, 3.05) is 26.2 Å². The monoisotopic (exact) mass is 518 g/mol. The lowest BCUT2D eigenvalue weighted by atomic mass is 10.0. The summed E-state index contributed by atoms with van der Waals surface area (Å²) in [6, 6.07) is 11.9. The number of fused-ring (bicyclic) bond motifs is 1. The zero-order valence-corrected chi connectivity index (χ0v) is 22.5. The molecule has 3 heterocycles. The number of nitrogens with zero attached hydrogens (tertiary/aromatic N) is 4. The van der Waals surface area contributed by atoms with Gasteiger partial charge in [0.05, 0.1) is 5.56 Å². The van der Waals surface area contributed by atoms with Crippen molar-refractivity contribution in [1.29, 1.82) is 0 Å². The van der Waals surface area contributed by atoms with Crippen LogP contribution in [0, 0.1) is 12.7 Å². The van der Waals surface area contributed by atoms with E-state index in [0.29, 0.717) is 49.2 Å². The number of rotatable bonds is 5. The first kappa shape index (κ1) is 26.1. The zero-order chi connectivity index (χ0) is 27.1. The minimum atomic E-state index is -0.523. The van der Waals surface area contributed by atoms with E-state index in [2.05, 4.69) is 11.8 Å². The average Bonchev–Trinajstić information content (AvgIpc) is 3.53. The fourth-order valence-electron chi connectivity index (χ4n) is 5.84. The van der Waals surface area contributed by atoms with Crippen LogP contribution in [0.4, 0.5) is 4.39 Å². The highest BCUT2D eigenvalue weighted by Gasteiger charge is 2.35. The molecule has 0 radical (unpaired) electrons. The fraction of sp³-hybridized carbons (Fsp3) is 0.433. The molecule has 2 saturated heterocycles. The first-order valence-electron chi connectivity index (χ1n) is 13.4. The number of carbonyl (C=O) groups is 3. The van der Waals surface area contributed by atoms with Gasteiger partial charge in [-0.15, -0.1) is 0 Å². The van der Waals surface area contributed by atoms with Crippen molar-refractivity contribution in [1.82, 2.24) is 19.3 Å². The van der Waals surface area contributed by atoms with Gasteiger partial charge in [0.1, 0.15) is 5.82 Å². The molecule has 7 nitrogen and oxygen atoms in total. The molecule has 0 unspecified atom stereocenters. The fourth-order valence-corrected chi connectivity index (χ4v) is 5.84. The highest BCUT2D eigenvalue weighted by molar-refractivity contribution is 6.43. The number of ketones is 1. The Hall–Kier alpha value is -3.52. The first-order chi connectivity index (χ1) is 18.2. The molecule has 0 N–H and O–H groups in total. The summed E-state index contributed by atoms with van der Waals surface area (Å²) >= 11 is 0. The molecule has 38 heavy (non-hydrogen) atoms. The van der Waals surface area contributed by atoms with Crippen LogP contribution in [0.3, 0.4) is 0 Å². The van der Waals surface area contributed by atoms with Crippen LogP contribution in [0.25, 0.3) is 10.9 Å². The molecular weight excluding hydrogens is 483 g/mol. The Kier molecular flexibility index (Phi) is 7.09. The molecule has 5 rings (SSSR count). The van der Waals surface area contributed by atoms with Gasteiger partial charge in [-0.2, -0.15) is 0 Å². The lowest BCUT2D eigenvalue weighted by Crippen LogP contribution is -2.57. The van der Waals surface area contributed by atoms with Gasteiger partial charge in [0.25, 0.3) is 11.8 Å². The number of piperazine rings is 1. The summed E-state index contributed by atoms with van der Waals surface area (Å²) < 4.78 is 15.3. The molecule has 2 atom stereocenters. The number of Topliss-reactive ketones (excluding diaryl/α,β-unsaturated/α-hetero) is 1. The summed E-state index contributed by atoms with van der Waals surface area (Å²) in [5.74, 6) is -1.31. The van der Waals surface area contributed by atoms with E-state index < -0.39 is 11.7 Å². The number of amides is 2. The summed E-state index contributed by atoms with van der Waals surface area (Å²) in [6.07, 6.45) is 1.84. The number of likely N-dealkylation sites (tertiary alicyclic amines) is 1. The van der Waals surface area contributed by atoms with Gasteiger partial charge in [-0.3, -0.25) is 19.3 Å². The van der Waals surface area contributed by atoms with E-state index in [0.717, 1.165) is 29.6 Å². The molecule has 3 aromatic rings. The Balaban J connectivity index is 1.40. The number of carbonyl (C=O) groups excluding carboxylic acids is 3. The number of aryl methyl sites for hydroxylation is 1. The van der Waals surface area contributed by atoms with Crippen LogP contribution in [-0.4, -0.2) is 75.1 Å². The van der Waals surface area contributed by atoms with Crippen LogP contribution in [0.15, 0.2) is 42.5 Å². The highest BCUT2D eigenvalue weighted by Crippen LogP contribution is 2.30. The van der Waals surface area contributed by atoms with Crippen molar-refractivity contribution in [2.24, 2.45) is 7.05 Å². The average molecular weight is 519 g/mol. The second kappa shape index (κ2) is 10.3. The highest BCUT2D eigenvalue weighted by atomic mass is 19.1. The van der Waals surface area contributed by atoms with Crippen molar-refractivity contribution >= 4 is 28.5 Å². The van der Waals surface area contributed by atoms with E-state index in [1.807, 2.05) is 36.4 Å². The predicted octanol–water partition coefficient (Wildman–Crippen LogP) is 4.17. The second-order valence-corrected chi connectivity index (χ2v) is 10.8. The number of aromatic nitrogens is 1. The molecule has 2 aliphatic heterocycles. The van der Waals surface area contributed by atoms with E-state index in [1.165, 1.54) is 12.1 Å². The summed E-state index contributed by atoms with van der Waals surface area (Å²) in [4.78, 5) is 45.6. The minimum absolute atomic E-state index is 0.0321. The van der Waals surface area contributed by atoms with E-state index in [4.69, 9.17) is 0 Å². The van der Waals surface area contributed by atoms with Gasteiger partial charge in [0.15, 0.2) is 0 Å². The maximum absolute atomic E-state index is 14.0. The second-order valence-electron chi connectivity index (χ2n) is 10.8. The van der Waals surface area contributed by atoms with Gasteiger partial charge >= 0.3 is 0 Å². The van der Waals surface area contributed by atoms with Crippen molar-refractivity contribution in [3.8, 4) is 0 Å². The molecule has 2 amide bonds. The number of benzene rings is 2. The molecule has 0 bridgehead atoms. The SMILES string of the molecule is Cc1c(C(=O)N2C[C@H](C)N(Cc3ccc(F)cc3)C[C@H]2C)c2cc(C(=O)C(=O)N3CCCC3)ccc2n1C. The molecular formula is C30H35FN4O3. The van der Waals surface area contributed by atoms with Crippen LogP contribution < -0.4 is 0 Å². The molecule has 200 valence electrons. The normalized spacial score (nSPS) is 20.3. The van der Waals surface area contributed by atoms with Gasteiger partial charge in [0.2, 0.25) is 5.78 Å². The van der Waals surface area contributed by atoms with Crippen LogP contribution in [-0.2, 0) is 18.4 Å². The van der Waals surface area contributed by atoms with Crippen LogP contribution in [0.1, 0.15) is 58.7 Å². The molecule has 0 aliphatic carbocycles. The van der Waals surface area contributed by atoms with Crippen molar-refractivity contribution in [2.45, 2.75) is 52.2 Å². The molecule has 8 heteroatoms.